The van der Waals surface area contributed by atoms with Gasteiger partial charge in [-0.25, -0.2) is 0 Å². The van der Waals surface area contributed by atoms with Gasteiger partial charge in [0.1, 0.15) is 6.42 Å². The molecule has 1 N–H and O–H groups in total. The monoisotopic (exact) mass is 249 g/mol. The van der Waals surface area contributed by atoms with Crippen molar-refractivity contribution < 1.29 is 23.1 Å². The number of hydrogen-bond acceptors (Lipinski definition) is 4. The molecule has 1 aliphatic rings. The molecule has 1 heterocycles. The van der Waals surface area contributed by atoms with Crippen LogP contribution in [0.25, 0.3) is 0 Å². The van der Waals surface area contributed by atoms with Crippen LogP contribution in [0.3, 0.4) is 0 Å². The van der Waals surface area contributed by atoms with E-state index in [2.05, 4.69) is 5.10 Å². The van der Waals surface area contributed by atoms with Crippen LogP contribution < -0.4 is 0 Å². The lowest BCUT2D eigenvalue weighted by atomic mass is 10.1. The summed E-state index contributed by atoms with van der Waals surface area (Å²) >= 11 is 0. The van der Waals surface area contributed by atoms with Gasteiger partial charge in [-0.1, -0.05) is 6.92 Å². The van der Waals surface area contributed by atoms with Crippen LogP contribution in [0.5, 0.6) is 0 Å². The maximum Gasteiger partial charge on any atom is 0.438 e. The number of aliphatic hydroxyl groups is 1. The maximum absolute atomic E-state index is 12.7. The largest absolute Gasteiger partial charge is 0.438 e. The van der Waals surface area contributed by atoms with Gasteiger partial charge in [-0.2, -0.15) is 28.5 Å². The molecule has 0 saturated carbocycles. The molecule has 1 unspecified atom stereocenters. The first-order chi connectivity index (χ1) is 7.76. The molecule has 1 aliphatic heterocycles. The average Bonchev–Trinajstić information content (AvgIpc) is 2.56. The van der Waals surface area contributed by atoms with Crippen molar-refractivity contribution >= 4 is 11.6 Å². The van der Waals surface area contributed by atoms with Gasteiger partial charge in [0.25, 0.3) is 11.6 Å². The topological polar surface area (TPSA) is 76.7 Å². The zero-order chi connectivity index (χ0) is 13.3. The SMILES string of the molecule is CCC1=NN(C(=O)CC#N)C(O)(C(F)(F)F)C1. The number of alkyl halides is 3. The van der Waals surface area contributed by atoms with Crippen LogP contribution >= 0.6 is 0 Å². The Bertz CT molecular complexity index is 399. The molecule has 5 nitrogen and oxygen atoms in total. The van der Waals surface area contributed by atoms with Gasteiger partial charge in [0.2, 0.25) is 0 Å². The first-order valence-electron chi connectivity index (χ1n) is 4.81. The normalized spacial score (nSPS) is 24.5. The van der Waals surface area contributed by atoms with Gasteiger partial charge in [0.15, 0.2) is 0 Å². The molecule has 0 fully saturated rings. The fraction of sp³-hybridized carbons (Fsp3) is 0.667. The molecule has 0 aromatic carbocycles. The summed E-state index contributed by atoms with van der Waals surface area (Å²) < 4.78 is 38.1. The molecule has 1 amide bonds. The molecule has 1 rings (SSSR count). The average molecular weight is 249 g/mol. The molecular weight excluding hydrogens is 239 g/mol. The van der Waals surface area contributed by atoms with Gasteiger partial charge in [-0.3, -0.25) is 4.79 Å². The van der Waals surface area contributed by atoms with E-state index in [-0.39, 0.29) is 17.1 Å². The molecule has 0 aromatic heterocycles. The van der Waals surface area contributed by atoms with Gasteiger partial charge in [-0.15, -0.1) is 0 Å². The second-order valence-corrected chi connectivity index (χ2v) is 3.55. The van der Waals surface area contributed by atoms with Crippen LogP contribution in [0.15, 0.2) is 5.10 Å². The van der Waals surface area contributed by atoms with Crippen molar-refractivity contribution in [3.8, 4) is 6.07 Å². The van der Waals surface area contributed by atoms with Gasteiger partial charge in [0, 0.05) is 12.1 Å². The highest BCUT2D eigenvalue weighted by Crippen LogP contribution is 2.40. The molecule has 8 heteroatoms. The summed E-state index contributed by atoms with van der Waals surface area (Å²) in [6, 6.07) is 1.43. The highest BCUT2D eigenvalue weighted by atomic mass is 19.4. The number of amides is 1. The number of rotatable bonds is 2. The minimum Gasteiger partial charge on any atom is -0.362 e. The molecule has 0 radical (unpaired) electrons. The molecule has 0 spiro atoms. The van der Waals surface area contributed by atoms with Crippen LogP contribution in [0.2, 0.25) is 0 Å². The molecule has 0 aliphatic carbocycles. The minimum atomic E-state index is -5.02. The molecular formula is C9H10F3N3O2. The van der Waals surface area contributed by atoms with E-state index >= 15 is 0 Å². The number of hydrazone groups is 1. The summed E-state index contributed by atoms with van der Waals surface area (Å²) in [4.78, 5) is 11.3. The van der Waals surface area contributed by atoms with E-state index in [1.54, 1.807) is 6.92 Å². The van der Waals surface area contributed by atoms with Crippen molar-refractivity contribution in [2.75, 3.05) is 0 Å². The van der Waals surface area contributed by atoms with Gasteiger partial charge >= 0.3 is 6.18 Å². The van der Waals surface area contributed by atoms with Crippen molar-refractivity contribution in [3.05, 3.63) is 0 Å². The number of nitrogens with zero attached hydrogens (tertiary/aromatic N) is 3. The third-order valence-electron chi connectivity index (χ3n) is 2.37. The molecule has 0 bridgehead atoms. The van der Waals surface area contributed by atoms with Gasteiger partial charge in [0.05, 0.1) is 6.07 Å². The fourth-order valence-corrected chi connectivity index (χ4v) is 1.44. The molecule has 0 saturated heterocycles. The van der Waals surface area contributed by atoms with Crippen LogP contribution in [0, 0.1) is 11.3 Å². The second kappa shape index (κ2) is 4.33. The number of nitriles is 1. The van der Waals surface area contributed by atoms with E-state index in [4.69, 9.17) is 5.26 Å². The Morgan fingerprint density at radius 1 is 1.71 bits per heavy atom. The van der Waals surface area contributed by atoms with E-state index in [0.717, 1.165) is 0 Å². The molecule has 17 heavy (non-hydrogen) atoms. The Labute approximate surface area is 95.1 Å². The molecule has 0 aromatic rings. The lowest BCUT2D eigenvalue weighted by molar-refractivity contribution is -0.302. The Morgan fingerprint density at radius 3 is 2.71 bits per heavy atom. The second-order valence-electron chi connectivity index (χ2n) is 3.55. The zero-order valence-electron chi connectivity index (χ0n) is 8.95. The summed E-state index contributed by atoms with van der Waals surface area (Å²) in [6.45, 7) is 1.56. The lowest BCUT2D eigenvalue weighted by Crippen LogP contribution is -2.56. The van der Waals surface area contributed by atoms with E-state index in [1.807, 2.05) is 0 Å². The minimum absolute atomic E-state index is 0.0327. The summed E-state index contributed by atoms with van der Waals surface area (Å²) in [5.74, 6) is -1.17. The van der Waals surface area contributed by atoms with Gasteiger partial charge in [-0.05, 0) is 6.42 Å². The molecule has 94 valence electrons. The van der Waals surface area contributed by atoms with Crippen molar-refractivity contribution in [1.82, 2.24) is 5.01 Å². The summed E-state index contributed by atoms with van der Waals surface area (Å²) in [5, 5.41) is 21.2. The van der Waals surface area contributed by atoms with E-state index in [9.17, 15) is 23.1 Å². The fourth-order valence-electron chi connectivity index (χ4n) is 1.44. The van der Waals surface area contributed by atoms with E-state index < -0.39 is 30.7 Å². The third-order valence-corrected chi connectivity index (χ3v) is 2.37. The Balaban J connectivity index is 3.09. The van der Waals surface area contributed by atoms with Crippen LogP contribution in [-0.2, 0) is 4.79 Å². The first-order valence-corrected chi connectivity index (χ1v) is 4.81. The predicted molar refractivity (Wildman–Crippen MR) is 50.4 cm³/mol. The Kier molecular flexibility index (Phi) is 3.43. The van der Waals surface area contributed by atoms with Crippen molar-refractivity contribution in [2.45, 2.75) is 38.1 Å². The van der Waals surface area contributed by atoms with Crippen LogP contribution in [-0.4, -0.2) is 33.6 Å². The summed E-state index contributed by atoms with van der Waals surface area (Å²) in [7, 11) is 0. The summed E-state index contributed by atoms with van der Waals surface area (Å²) in [5.41, 5.74) is -3.26. The van der Waals surface area contributed by atoms with Crippen LogP contribution in [0.4, 0.5) is 13.2 Å². The van der Waals surface area contributed by atoms with Gasteiger partial charge < -0.3 is 5.11 Å². The number of hydrogen-bond donors (Lipinski definition) is 1. The Hall–Kier alpha value is -1.62. The number of halogens is 3. The number of carbonyl (C=O) groups is 1. The van der Waals surface area contributed by atoms with Crippen molar-refractivity contribution in [3.63, 3.8) is 0 Å². The van der Waals surface area contributed by atoms with Crippen molar-refractivity contribution in [1.29, 1.82) is 5.26 Å². The van der Waals surface area contributed by atoms with Crippen LogP contribution in [0.1, 0.15) is 26.2 Å². The standard InChI is InChI=1S/C9H10F3N3O2/c1-2-6-5-8(17,9(10,11)12)15(14-6)7(16)3-4-13/h17H,2-3,5H2,1H3. The summed E-state index contributed by atoms with van der Waals surface area (Å²) in [6.07, 6.45) is -6.36. The Morgan fingerprint density at radius 2 is 2.29 bits per heavy atom. The smallest absolute Gasteiger partial charge is 0.362 e. The first kappa shape index (κ1) is 13.4. The highest BCUT2D eigenvalue weighted by Gasteiger charge is 2.62. The lowest BCUT2D eigenvalue weighted by Gasteiger charge is -2.32. The predicted octanol–water partition coefficient (Wildman–Crippen LogP) is 1.15. The number of carbonyl (C=O) groups excluding carboxylic acids is 1. The van der Waals surface area contributed by atoms with E-state index in [1.165, 1.54) is 6.07 Å². The molecule has 1 atom stereocenters. The maximum atomic E-state index is 12.7. The highest BCUT2D eigenvalue weighted by molar-refractivity contribution is 5.91. The van der Waals surface area contributed by atoms with E-state index in [0.29, 0.717) is 0 Å². The zero-order valence-corrected chi connectivity index (χ0v) is 8.95. The quantitative estimate of drug-likeness (QED) is 0.797. The third kappa shape index (κ3) is 2.24. The van der Waals surface area contributed by atoms with Crippen molar-refractivity contribution in [2.24, 2.45) is 5.10 Å².